The summed E-state index contributed by atoms with van der Waals surface area (Å²) in [5.41, 5.74) is 6.68. The Kier molecular flexibility index (Phi) is 7.43. The molecule has 0 aromatic carbocycles. The monoisotopic (exact) mass is 516 g/mol. The third kappa shape index (κ3) is 4.17. The minimum Gasteiger partial charge on any atom is -0.414 e. The highest BCUT2D eigenvalue weighted by Crippen LogP contribution is 2.60. The van der Waals surface area contributed by atoms with Crippen molar-refractivity contribution < 1.29 is 12.3 Å². The lowest BCUT2D eigenvalue weighted by molar-refractivity contribution is 0.228. The van der Waals surface area contributed by atoms with Crippen LogP contribution in [-0.2, 0) is 12.3 Å². The Labute approximate surface area is 225 Å². The van der Waals surface area contributed by atoms with Crippen molar-refractivity contribution in [2.24, 2.45) is 0 Å². The van der Waals surface area contributed by atoms with Crippen molar-refractivity contribution in [3.05, 3.63) is 187 Å². The molecule has 30 radical (unpaired) electrons. The van der Waals surface area contributed by atoms with E-state index in [2.05, 4.69) is 154 Å². The first-order valence-corrected chi connectivity index (χ1v) is 17.6. The van der Waals surface area contributed by atoms with Gasteiger partial charge in [0, 0.05) is 33.2 Å². The summed E-state index contributed by atoms with van der Waals surface area (Å²) in [7, 11) is -9.68. The van der Waals surface area contributed by atoms with Crippen molar-refractivity contribution >= 4 is 25.7 Å². The Morgan fingerprint density at radius 3 is 0.528 bits per heavy atom. The standard InChI is InChI=1S/C30H24O3Si3/c1-2-14-25(13-1)34(26-15-3-4-16-26)31-35(27-17-5-6-18-27,28-19-7-8-20-28)33-36(32-34,29-21-9-10-22-29)30-23-11-12-24-30/h1-24H. The Balaban J connectivity index is 1.41. The van der Waals surface area contributed by atoms with E-state index in [0.29, 0.717) is 0 Å². The highest BCUT2D eigenvalue weighted by atomic mass is 28.5. The fraction of sp³-hybridized carbons (Fsp3) is 0. The lowest BCUT2D eigenvalue weighted by atomic mass is 10.3. The van der Waals surface area contributed by atoms with Crippen molar-refractivity contribution in [3.8, 4) is 0 Å². The predicted molar refractivity (Wildman–Crippen MR) is 143 cm³/mol. The molecule has 6 heteroatoms. The molecule has 6 aliphatic carbocycles. The van der Waals surface area contributed by atoms with Crippen molar-refractivity contribution in [3.63, 3.8) is 0 Å². The van der Waals surface area contributed by atoms with Gasteiger partial charge in [0.1, 0.15) is 0 Å². The molecule has 36 heavy (non-hydrogen) atoms. The topological polar surface area (TPSA) is 27.7 Å². The molecule has 0 atom stereocenters. The molecule has 7 fully saturated rings. The van der Waals surface area contributed by atoms with E-state index < -0.39 is 25.7 Å². The predicted octanol–water partition coefficient (Wildman–Crippen LogP) is 4.04. The molecule has 0 bridgehead atoms. The van der Waals surface area contributed by atoms with Gasteiger partial charge in [0.05, 0.1) is 0 Å². The van der Waals surface area contributed by atoms with Crippen LogP contribution >= 0.6 is 0 Å². The zero-order chi connectivity index (χ0) is 24.1. The first-order chi connectivity index (χ1) is 17.8. The summed E-state index contributed by atoms with van der Waals surface area (Å²) in [5.74, 6) is 0. The van der Waals surface area contributed by atoms with Crippen molar-refractivity contribution in [2.75, 3.05) is 0 Å². The van der Waals surface area contributed by atoms with Crippen LogP contribution in [0.5, 0.6) is 0 Å². The molecule has 0 aromatic heterocycles. The molecule has 1 heterocycles. The normalized spacial score (nSPS) is 35.0. The first kappa shape index (κ1) is 25.5. The molecule has 6 saturated carbocycles. The fourth-order valence-electron chi connectivity index (χ4n) is 5.44. The summed E-state index contributed by atoms with van der Waals surface area (Å²) in [5, 5.41) is 0. The zero-order valence-electron chi connectivity index (χ0n) is 19.6. The van der Waals surface area contributed by atoms with E-state index in [1.807, 2.05) is 0 Å². The van der Waals surface area contributed by atoms with E-state index in [0.717, 1.165) is 33.2 Å². The Morgan fingerprint density at radius 2 is 0.389 bits per heavy atom. The van der Waals surface area contributed by atoms with E-state index in [4.69, 9.17) is 12.3 Å². The molecule has 0 spiro atoms. The van der Waals surface area contributed by atoms with Gasteiger partial charge in [-0.1, -0.05) is 0 Å². The SMILES string of the molecule is [CH]1[CH][CH][C]([Si]2([C]3[CH][CH][CH][CH]3)O[Si]([C]3[CH][CH][CH][CH]3)([C]3[CH][CH][CH][CH]3)O[Si]([C]3[CH][CH][CH][CH]3)([C]3[CH][CH][CH][CH]3)O2)[CH]1. The number of hydrogen-bond acceptors (Lipinski definition) is 3. The Hall–Kier alpha value is 0.531. The van der Waals surface area contributed by atoms with Crippen LogP contribution in [0.1, 0.15) is 0 Å². The van der Waals surface area contributed by atoms with Crippen LogP contribution in [0.2, 0.25) is 0 Å². The molecule has 1 saturated heterocycles. The van der Waals surface area contributed by atoms with Crippen LogP contribution in [0.25, 0.3) is 0 Å². The molecule has 0 amide bonds. The van der Waals surface area contributed by atoms with E-state index in [1.54, 1.807) is 0 Å². The molecule has 0 N–H and O–H groups in total. The van der Waals surface area contributed by atoms with Gasteiger partial charge in [0.15, 0.2) is 0 Å². The van der Waals surface area contributed by atoms with E-state index in [9.17, 15) is 0 Å². The highest BCUT2D eigenvalue weighted by molar-refractivity contribution is 7.06. The molecular weight excluding hydrogens is 493 g/mol. The van der Waals surface area contributed by atoms with Crippen LogP contribution in [0, 0.1) is 187 Å². The summed E-state index contributed by atoms with van der Waals surface area (Å²) in [6, 6.07) is 0. The van der Waals surface area contributed by atoms with Gasteiger partial charge >= 0.3 is 25.7 Å². The Morgan fingerprint density at radius 1 is 0.250 bits per heavy atom. The van der Waals surface area contributed by atoms with Gasteiger partial charge in [-0.2, -0.15) is 0 Å². The Bertz CT molecular complexity index is 581. The largest absolute Gasteiger partial charge is 0.414 e. The molecule has 3 nitrogen and oxygen atoms in total. The third-order valence-electron chi connectivity index (χ3n) is 7.12. The molecule has 1 aliphatic heterocycles. The molecule has 7 rings (SSSR count). The van der Waals surface area contributed by atoms with E-state index in [1.165, 1.54) is 0 Å². The molecule has 174 valence electrons. The van der Waals surface area contributed by atoms with Crippen molar-refractivity contribution in [2.45, 2.75) is 0 Å². The maximum Gasteiger partial charge on any atom is 0.335 e. The van der Waals surface area contributed by atoms with Gasteiger partial charge in [0.2, 0.25) is 0 Å². The lowest BCUT2D eigenvalue weighted by Crippen LogP contribution is -2.79. The highest BCUT2D eigenvalue weighted by Gasteiger charge is 2.75. The zero-order valence-corrected chi connectivity index (χ0v) is 22.6. The molecule has 7 aliphatic rings. The maximum atomic E-state index is 7.56. The summed E-state index contributed by atoms with van der Waals surface area (Å²) < 4.78 is 22.7. The third-order valence-corrected chi connectivity index (χ3v) is 20.6. The summed E-state index contributed by atoms with van der Waals surface area (Å²) in [6.07, 6.45) is 50.9. The summed E-state index contributed by atoms with van der Waals surface area (Å²) >= 11 is 0. The van der Waals surface area contributed by atoms with Gasteiger partial charge in [-0.05, 0) is 154 Å². The van der Waals surface area contributed by atoms with Crippen LogP contribution in [0.4, 0.5) is 0 Å². The summed E-state index contributed by atoms with van der Waals surface area (Å²) in [6.45, 7) is 0. The van der Waals surface area contributed by atoms with Gasteiger partial charge < -0.3 is 12.3 Å². The van der Waals surface area contributed by atoms with Gasteiger partial charge in [-0.15, -0.1) is 0 Å². The average Bonchev–Trinajstić information content (AvgIpc) is 3.80. The minimum atomic E-state index is -3.23. The molecule has 0 unspecified atom stereocenters. The van der Waals surface area contributed by atoms with Gasteiger partial charge in [-0.25, -0.2) is 0 Å². The number of hydrogen-bond donors (Lipinski definition) is 0. The lowest BCUT2D eigenvalue weighted by Gasteiger charge is -2.61. The summed E-state index contributed by atoms with van der Waals surface area (Å²) in [4.78, 5) is 0. The van der Waals surface area contributed by atoms with Gasteiger partial charge in [0.25, 0.3) is 0 Å². The van der Waals surface area contributed by atoms with E-state index in [-0.39, 0.29) is 0 Å². The smallest absolute Gasteiger partial charge is 0.335 e. The molecular formula is C30H24O3Si3. The van der Waals surface area contributed by atoms with E-state index >= 15 is 0 Å². The number of rotatable bonds is 6. The second kappa shape index (κ2) is 10.5. The van der Waals surface area contributed by atoms with Crippen LogP contribution < -0.4 is 0 Å². The fourth-order valence-corrected chi connectivity index (χ4v) is 22.4. The average molecular weight is 517 g/mol. The van der Waals surface area contributed by atoms with Gasteiger partial charge in [-0.3, -0.25) is 0 Å². The molecule has 0 aromatic rings. The minimum absolute atomic E-state index is 1.11. The van der Waals surface area contributed by atoms with Crippen LogP contribution in [-0.4, -0.2) is 25.7 Å². The first-order valence-electron chi connectivity index (χ1n) is 12.2. The van der Waals surface area contributed by atoms with Crippen molar-refractivity contribution in [1.82, 2.24) is 0 Å². The second-order valence-corrected chi connectivity index (χ2v) is 18.8. The van der Waals surface area contributed by atoms with Crippen LogP contribution in [0.3, 0.4) is 0 Å². The second-order valence-electron chi connectivity index (χ2n) is 9.20. The van der Waals surface area contributed by atoms with Crippen LogP contribution in [0.15, 0.2) is 0 Å². The quantitative estimate of drug-likeness (QED) is 0.499. The maximum absolute atomic E-state index is 7.56. The van der Waals surface area contributed by atoms with Crippen molar-refractivity contribution in [1.29, 1.82) is 0 Å².